The van der Waals surface area contributed by atoms with Gasteiger partial charge < -0.3 is 20.1 Å². The highest BCUT2D eigenvalue weighted by molar-refractivity contribution is 14.0. The number of rotatable bonds is 5. The first-order chi connectivity index (χ1) is 10.2. The van der Waals surface area contributed by atoms with Gasteiger partial charge in [-0.25, -0.2) is 0 Å². The largest absolute Gasteiger partial charge is 0.359 e. The van der Waals surface area contributed by atoms with Gasteiger partial charge in [0, 0.05) is 25.7 Å². The summed E-state index contributed by atoms with van der Waals surface area (Å²) in [6.45, 7) is 8.58. The molecule has 0 aliphatic carbocycles. The zero-order valence-corrected chi connectivity index (χ0v) is 17.1. The van der Waals surface area contributed by atoms with Crippen molar-refractivity contribution < 1.29 is 9.32 Å². The fourth-order valence-electron chi connectivity index (χ4n) is 1.90. The second-order valence-corrected chi connectivity index (χ2v) is 6.19. The Kier molecular flexibility index (Phi) is 9.18. The van der Waals surface area contributed by atoms with E-state index in [1.165, 1.54) is 0 Å². The van der Waals surface area contributed by atoms with E-state index < -0.39 is 0 Å². The van der Waals surface area contributed by atoms with Gasteiger partial charge in [-0.05, 0) is 27.2 Å². The van der Waals surface area contributed by atoms with Crippen LogP contribution < -0.4 is 10.6 Å². The average Bonchev–Trinajstić information content (AvgIpc) is 2.85. The van der Waals surface area contributed by atoms with Crippen LogP contribution in [0.2, 0.25) is 0 Å². The van der Waals surface area contributed by atoms with Gasteiger partial charge in [0.05, 0.1) is 18.8 Å². The normalized spacial score (nSPS) is 11.7. The number of halogens is 1. The molecule has 0 radical (unpaired) electrons. The van der Waals surface area contributed by atoms with Gasteiger partial charge in [-0.15, -0.1) is 24.0 Å². The number of hydrogen-bond acceptors (Lipinski definition) is 4. The van der Waals surface area contributed by atoms with Crippen molar-refractivity contribution in [3.63, 3.8) is 0 Å². The molecule has 132 valence electrons. The topological polar surface area (TPSA) is 82.8 Å². The number of carbonyl (C=O) groups excluding carboxylic acids is 1. The Hall–Kier alpha value is -1.32. The number of amides is 1. The minimum absolute atomic E-state index is 0. The average molecular weight is 437 g/mol. The molecule has 8 heteroatoms. The van der Waals surface area contributed by atoms with Crippen molar-refractivity contribution in [3.05, 3.63) is 17.5 Å². The summed E-state index contributed by atoms with van der Waals surface area (Å²) in [7, 11) is 3.49. The third kappa shape index (κ3) is 8.19. The Balaban J connectivity index is 0.00000484. The number of nitrogens with zero attached hydrogens (tertiary/aromatic N) is 3. The van der Waals surface area contributed by atoms with Crippen LogP contribution in [0.4, 0.5) is 0 Å². The minimum Gasteiger partial charge on any atom is -0.359 e. The molecule has 0 spiro atoms. The first-order valence-corrected chi connectivity index (χ1v) is 7.42. The van der Waals surface area contributed by atoms with E-state index in [1.54, 1.807) is 11.9 Å². The molecule has 1 aromatic rings. The van der Waals surface area contributed by atoms with Crippen molar-refractivity contribution >= 4 is 35.8 Å². The third-order valence-electron chi connectivity index (χ3n) is 2.86. The van der Waals surface area contributed by atoms with E-state index in [-0.39, 0.29) is 42.0 Å². The maximum absolute atomic E-state index is 11.9. The molecule has 23 heavy (non-hydrogen) atoms. The van der Waals surface area contributed by atoms with E-state index in [0.29, 0.717) is 12.5 Å². The molecular weight excluding hydrogens is 409 g/mol. The molecule has 1 aromatic heterocycles. The Bertz CT molecular complexity index is 522. The molecule has 0 fully saturated rings. The number of aliphatic imine (C=N–C) groups is 1. The van der Waals surface area contributed by atoms with E-state index in [4.69, 9.17) is 4.52 Å². The second kappa shape index (κ2) is 9.74. The molecule has 1 rings (SSSR count). The van der Waals surface area contributed by atoms with Crippen LogP contribution in [0.5, 0.6) is 0 Å². The van der Waals surface area contributed by atoms with E-state index in [1.807, 2.05) is 40.8 Å². The zero-order chi connectivity index (χ0) is 16.8. The first kappa shape index (κ1) is 21.7. The molecule has 0 aliphatic rings. The van der Waals surface area contributed by atoms with Crippen LogP contribution in [0.1, 0.15) is 39.1 Å². The Morgan fingerprint density at radius 3 is 2.57 bits per heavy atom. The molecule has 0 aliphatic heterocycles. The van der Waals surface area contributed by atoms with Gasteiger partial charge in [-0.3, -0.25) is 9.79 Å². The summed E-state index contributed by atoms with van der Waals surface area (Å²) in [4.78, 5) is 17.9. The predicted molar refractivity (Wildman–Crippen MR) is 102 cm³/mol. The fraction of sp³-hybridized carbons (Fsp3) is 0.667. The molecule has 0 saturated heterocycles. The van der Waals surface area contributed by atoms with Crippen molar-refractivity contribution in [2.45, 2.75) is 46.2 Å². The van der Waals surface area contributed by atoms with E-state index in [2.05, 4.69) is 20.8 Å². The Labute approximate surface area is 155 Å². The quantitative estimate of drug-likeness (QED) is 0.417. The molecule has 1 heterocycles. The molecule has 0 unspecified atom stereocenters. The summed E-state index contributed by atoms with van der Waals surface area (Å²) in [6, 6.07) is 1.91. The number of aryl methyl sites for hydroxylation is 1. The molecular formula is C15H28IN5O2. The summed E-state index contributed by atoms with van der Waals surface area (Å²) in [6.07, 6.45) is 0.838. The van der Waals surface area contributed by atoms with Gasteiger partial charge in [0.1, 0.15) is 0 Å². The van der Waals surface area contributed by atoms with Gasteiger partial charge in [0.25, 0.3) is 0 Å². The second-order valence-electron chi connectivity index (χ2n) is 6.19. The van der Waals surface area contributed by atoms with Crippen molar-refractivity contribution in [2.24, 2.45) is 4.99 Å². The molecule has 0 saturated carbocycles. The smallest absolute Gasteiger partial charge is 0.240 e. The lowest BCUT2D eigenvalue weighted by Crippen LogP contribution is -2.48. The summed E-state index contributed by atoms with van der Waals surface area (Å²) >= 11 is 0. The molecule has 2 N–H and O–H groups in total. The van der Waals surface area contributed by atoms with Gasteiger partial charge in [0.2, 0.25) is 5.91 Å². The lowest BCUT2D eigenvalue weighted by atomic mass is 10.1. The van der Waals surface area contributed by atoms with Crippen molar-refractivity contribution in [3.8, 4) is 0 Å². The molecule has 0 atom stereocenters. The predicted octanol–water partition coefficient (Wildman–Crippen LogP) is 1.78. The summed E-state index contributed by atoms with van der Waals surface area (Å²) in [5, 5.41) is 10.0. The number of aromatic nitrogens is 1. The number of nitrogens with one attached hydrogen (secondary N) is 2. The van der Waals surface area contributed by atoms with Crippen molar-refractivity contribution in [1.29, 1.82) is 0 Å². The van der Waals surface area contributed by atoms with Gasteiger partial charge >= 0.3 is 0 Å². The first-order valence-electron chi connectivity index (χ1n) is 7.42. The monoisotopic (exact) mass is 437 g/mol. The van der Waals surface area contributed by atoms with Crippen LogP contribution in [-0.4, -0.2) is 48.1 Å². The fourth-order valence-corrected chi connectivity index (χ4v) is 1.90. The van der Waals surface area contributed by atoms with Crippen LogP contribution >= 0.6 is 24.0 Å². The van der Waals surface area contributed by atoms with Crippen LogP contribution in [0.3, 0.4) is 0 Å². The van der Waals surface area contributed by atoms with Crippen LogP contribution in [0.25, 0.3) is 0 Å². The maximum atomic E-state index is 11.9. The molecule has 7 nitrogen and oxygen atoms in total. The van der Waals surface area contributed by atoms with Crippen molar-refractivity contribution in [1.82, 2.24) is 20.7 Å². The van der Waals surface area contributed by atoms with Gasteiger partial charge in [-0.1, -0.05) is 12.1 Å². The third-order valence-corrected chi connectivity index (χ3v) is 2.86. The summed E-state index contributed by atoms with van der Waals surface area (Å²) < 4.78 is 5.21. The van der Waals surface area contributed by atoms with E-state index in [9.17, 15) is 4.79 Å². The van der Waals surface area contributed by atoms with E-state index in [0.717, 1.165) is 17.9 Å². The number of carbonyl (C=O) groups is 1. The summed E-state index contributed by atoms with van der Waals surface area (Å²) in [5.41, 5.74) is 0.676. The number of guanidine groups is 1. The van der Waals surface area contributed by atoms with E-state index >= 15 is 0 Å². The highest BCUT2D eigenvalue weighted by atomic mass is 127. The van der Waals surface area contributed by atoms with Crippen LogP contribution in [0, 0.1) is 0 Å². The van der Waals surface area contributed by atoms with Gasteiger partial charge in [0.15, 0.2) is 11.7 Å². The lowest BCUT2D eigenvalue weighted by Gasteiger charge is -2.25. The Morgan fingerprint density at radius 1 is 1.43 bits per heavy atom. The standard InChI is InChI=1S/C15H27N5O2.HI/c1-7-11-8-12(22-19-11)9-17-14(16-5)20(6)10-13(21)18-15(2,3)4;/h8H,7,9-10H2,1-6H3,(H,16,17)(H,18,21);1H. The van der Waals surface area contributed by atoms with Crippen LogP contribution in [0.15, 0.2) is 15.6 Å². The van der Waals surface area contributed by atoms with Crippen molar-refractivity contribution in [2.75, 3.05) is 20.6 Å². The zero-order valence-electron chi connectivity index (χ0n) is 14.8. The molecule has 0 bridgehead atoms. The Morgan fingerprint density at radius 2 is 2.09 bits per heavy atom. The number of likely N-dealkylation sites (N-methyl/N-ethyl adjacent to an activating group) is 1. The molecule has 0 aromatic carbocycles. The molecule has 1 amide bonds. The highest BCUT2D eigenvalue weighted by Gasteiger charge is 2.17. The minimum atomic E-state index is -0.245. The lowest BCUT2D eigenvalue weighted by molar-refractivity contribution is -0.122. The highest BCUT2D eigenvalue weighted by Crippen LogP contribution is 2.04. The SMILES string of the molecule is CCc1cc(CNC(=NC)N(C)CC(=O)NC(C)(C)C)on1.I. The number of hydrogen-bond donors (Lipinski definition) is 2. The maximum Gasteiger partial charge on any atom is 0.240 e. The summed E-state index contributed by atoms with van der Waals surface area (Å²) in [5.74, 6) is 1.31. The van der Waals surface area contributed by atoms with Gasteiger partial charge in [-0.2, -0.15) is 0 Å². The van der Waals surface area contributed by atoms with Crippen LogP contribution in [-0.2, 0) is 17.8 Å².